The van der Waals surface area contributed by atoms with Crippen molar-refractivity contribution in [3.8, 4) is 18.1 Å². The van der Waals surface area contributed by atoms with Crippen molar-refractivity contribution in [1.82, 2.24) is 10.2 Å². The number of nitrogens with one attached hydrogen (secondary N) is 1. The number of rotatable bonds is 7. The molecular weight excluding hydrogens is 288 g/mol. The number of carbonyl (C=O) groups is 1. The Balaban J connectivity index is 1.84. The third-order valence-corrected chi connectivity index (χ3v) is 4.34. The molecule has 0 radical (unpaired) electrons. The van der Waals surface area contributed by atoms with Gasteiger partial charge in [0.05, 0.1) is 18.3 Å². The average Bonchev–Trinajstić information content (AvgIpc) is 2.72. The van der Waals surface area contributed by atoms with Crippen LogP contribution >= 0.6 is 0 Å². The summed E-state index contributed by atoms with van der Waals surface area (Å²) in [7, 11) is 1.84. The number of benzene rings is 1. The van der Waals surface area contributed by atoms with Crippen LogP contribution in [0.25, 0.3) is 0 Å². The van der Waals surface area contributed by atoms with Crippen LogP contribution in [0.15, 0.2) is 24.3 Å². The van der Waals surface area contributed by atoms with Crippen molar-refractivity contribution in [1.29, 1.82) is 0 Å². The molecule has 2 rings (SSSR count). The van der Waals surface area contributed by atoms with Crippen molar-refractivity contribution in [3.05, 3.63) is 29.8 Å². The SMILES string of the molecule is C#CCCCCOc1ccc(C[C@@H]2NC(C)(C)N(C)C2=O)cc1. The van der Waals surface area contributed by atoms with E-state index in [4.69, 9.17) is 11.2 Å². The minimum absolute atomic E-state index is 0.142. The van der Waals surface area contributed by atoms with Crippen LogP contribution in [0.1, 0.15) is 38.7 Å². The number of ether oxygens (including phenoxy) is 1. The van der Waals surface area contributed by atoms with Gasteiger partial charge in [-0.15, -0.1) is 12.3 Å². The second kappa shape index (κ2) is 7.52. The molecule has 1 atom stereocenters. The van der Waals surface area contributed by atoms with Crippen molar-refractivity contribution in [2.75, 3.05) is 13.7 Å². The molecule has 0 aromatic heterocycles. The van der Waals surface area contributed by atoms with Crippen LogP contribution in [0.3, 0.4) is 0 Å². The predicted octanol–water partition coefficient (Wildman–Crippen LogP) is 2.58. The van der Waals surface area contributed by atoms with Crippen LogP contribution in [0.2, 0.25) is 0 Å². The summed E-state index contributed by atoms with van der Waals surface area (Å²) in [5.41, 5.74) is 0.838. The zero-order valence-electron chi connectivity index (χ0n) is 14.3. The Morgan fingerprint density at radius 2 is 2.00 bits per heavy atom. The first-order chi connectivity index (χ1) is 10.9. The first-order valence-corrected chi connectivity index (χ1v) is 8.14. The molecular formula is C19H26N2O2. The third-order valence-electron chi connectivity index (χ3n) is 4.34. The molecule has 0 aliphatic carbocycles. The highest BCUT2D eigenvalue weighted by Crippen LogP contribution is 2.22. The molecule has 1 aromatic carbocycles. The molecule has 1 amide bonds. The second-order valence-electron chi connectivity index (χ2n) is 6.51. The normalized spacial score (nSPS) is 19.7. The molecule has 0 unspecified atom stereocenters. The van der Waals surface area contributed by atoms with Crippen LogP contribution < -0.4 is 10.1 Å². The summed E-state index contributed by atoms with van der Waals surface area (Å²) in [4.78, 5) is 14.0. The maximum Gasteiger partial charge on any atom is 0.241 e. The molecule has 1 fully saturated rings. The maximum atomic E-state index is 12.2. The molecule has 124 valence electrons. The zero-order valence-corrected chi connectivity index (χ0v) is 14.3. The molecule has 0 saturated carbocycles. The Labute approximate surface area is 139 Å². The van der Waals surface area contributed by atoms with Gasteiger partial charge in [0.15, 0.2) is 0 Å². The van der Waals surface area contributed by atoms with E-state index in [0.29, 0.717) is 13.0 Å². The summed E-state index contributed by atoms with van der Waals surface area (Å²) in [6.07, 6.45) is 8.67. The van der Waals surface area contributed by atoms with Gasteiger partial charge in [0.2, 0.25) is 5.91 Å². The molecule has 1 aliphatic heterocycles. The highest BCUT2D eigenvalue weighted by atomic mass is 16.5. The lowest BCUT2D eigenvalue weighted by molar-refractivity contribution is -0.129. The summed E-state index contributed by atoms with van der Waals surface area (Å²) in [6.45, 7) is 4.72. The van der Waals surface area contributed by atoms with E-state index in [9.17, 15) is 4.79 Å². The Hall–Kier alpha value is -1.99. The second-order valence-corrected chi connectivity index (χ2v) is 6.51. The highest BCUT2D eigenvalue weighted by molar-refractivity contribution is 5.85. The third kappa shape index (κ3) is 4.49. The first kappa shape index (κ1) is 17.4. The van der Waals surface area contributed by atoms with E-state index in [0.717, 1.165) is 30.6 Å². The van der Waals surface area contributed by atoms with Crippen LogP contribution in [0.5, 0.6) is 5.75 Å². The summed E-state index contributed by atoms with van der Waals surface area (Å²) in [5.74, 6) is 3.63. The fraction of sp³-hybridized carbons (Fsp3) is 0.526. The predicted molar refractivity (Wildman–Crippen MR) is 92.1 cm³/mol. The largest absolute Gasteiger partial charge is 0.494 e. The minimum Gasteiger partial charge on any atom is -0.494 e. The van der Waals surface area contributed by atoms with Crippen LogP contribution in [0, 0.1) is 12.3 Å². The Bertz CT molecular complexity index is 572. The van der Waals surface area contributed by atoms with Gasteiger partial charge in [-0.05, 0) is 50.8 Å². The van der Waals surface area contributed by atoms with E-state index in [1.807, 2.05) is 45.2 Å². The van der Waals surface area contributed by atoms with Crippen LogP contribution in [-0.4, -0.2) is 36.2 Å². The Kier molecular flexibility index (Phi) is 5.68. The summed E-state index contributed by atoms with van der Waals surface area (Å²) in [5, 5.41) is 3.38. The van der Waals surface area contributed by atoms with Crippen molar-refractivity contribution >= 4 is 5.91 Å². The van der Waals surface area contributed by atoms with Gasteiger partial charge in [0.1, 0.15) is 5.75 Å². The van der Waals surface area contributed by atoms with Crippen molar-refractivity contribution in [2.24, 2.45) is 0 Å². The number of unbranched alkanes of at least 4 members (excludes halogenated alkanes) is 2. The maximum absolute atomic E-state index is 12.2. The number of amides is 1. The van der Waals surface area contributed by atoms with Gasteiger partial charge in [0, 0.05) is 13.5 Å². The lowest BCUT2D eigenvalue weighted by atomic mass is 10.1. The number of nitrogens with zero attached hydrogens (tertiary/aromatic N) is 1. The number of terminal acetylenes is 1. The topological polar surface area (TPSA) is 41.6 Å². The fourth-order valence-electron chi connectivity index (χ4n) is 2.71. The van der Waals surface area contributed by atoms with Crippen molar-refractivity contribution < 1.29 is 9.53 Å². The van der Waals surface area contributed by atoms with Crippen molar-refractivity contribution in [3.63, 3.8) is 0 Å². The van der Waals surface area contributed by atoms with Gasteiger partial charge in [-0.1, -0.05) is 12.1 Å². The quantitative estimate of drug-likeness (QED) is 0.621. The Morgan fingerprint density at radius 3 is 2.57 bits per heavy atom. The van der Waals surface area contributed by atoms with E-state index in [2.05, 4.69) is 11.2 Å². The molecule has 4 heteroatoms. The van der Waals surface area contributed by atoms with Crippen molar-refractivity contribution in [2.45, 2.75) is 51.2 Å². The molecule has 1 saturated heterocycles. The number of likely N-dealkylation sites (N-methyl/N-ethyl adjacent to an activating group) is 1. The standard InChI is InChI=1S/C19H26N2O2/c1-5-6-7-8-13-23-16-11-9-15(10-12-16)14-17-18(22)21(4)19(2,3)20-17/h1,9-12,17,20H,6-8,13-14H2,2-4H3/t17-/m0/s1. The van der Waals surface area contributed by atoms with E-state index >= 15 is 0 Å². The first-order valence-electron chi connectivity index (χ1n) is 8.14. The molecule has 1 aromatic rings. The van der Waals surface area contributed by atoms with E-state index < -0.39 is 0 Å². The lowest BCUT2D eigenvalue weighted by Gasteiger charge is -2.27. The van der Waals surface area contributed by atoms with Gasteiger partial charge in [-0.2, -0.15) is 0 Å². The van der Waals surface area contributed by atoms with Gasteiger partial charge >= 0.3 is 0 Å². The molecule has 1 heterocycles. The van der Waals surface area contributed by atoms with E-state index in [1.54, 1.807) is 4.90 Å². The molecule has 1 N–H and O–H groups in total. The average molecular weight is 314 g/mol. The smallest absolute Gasteiger partial charge is 0.241 e. The van der Waals surface area contributed by atoms with Crippen LogP contribution in [0.4, 0.5) is 0 Å². The van der Waals surface area contributed by atoms with Crippen LogP contribution in [-0.2, 0) is 11.2 Å². The number of hydrogen-bond acceptors (Lipinski definition) is 3. The summed E-state index contributed by atoms with van der Waals surface area (Å²) >= 11 is 0. The van der Waals surface area contributed by atoms with Gasteiger partial charge < -0.3 is 9.64 Å². The minimum atomic E-state index is -0.289. The number of hydrogen-bond donors (Lipinski definition) is 1. The van der Waals surface area contributed by atoms with E-state index in [1.165, 1.54) is 0 Å². The fourth-order valence-corrected chi connectivity index (χ4v) is 2.71. The number of carbonyl (C=O) groups excluding carboxylic acids is 1. The highest BCUT2D eigenvalue weighted by Gasteiger charge is 2.41. The van der Waals surface area contributed by atoms with Gasteiger partial charge in [-0.25, -0.2) is 0 Å². The molecule has 1 aliphatic rings. The Morgan fingerprint density at radius 1 is 1.30 bits per heavy atom. The molecule has 4 nitrogen and oxygen atoms in total. The zero-order chi connectivity index (χ0) is 16.9. The van der Waals surface area contributed by atoms with E-state index in [-0.39, 0.29) is 17.6 Å². The molecule has 23 heavy (non-hydrogen) atoms. The molecule has 0 bridgehead atoms. The van der Waals surface area contributed by atoms with Gasteiger partial charge in [-0.3, -0.25) is 10.1 Å². The summed E-state index contributed by atoms with van der Waals surface area (Å²) < 4.78 is 5.69. The monoisotopic (exact) mass is 314 g/mol. The van der Waals surface area contributed by atoms with Gasteiger partial charge in [0.25, 0.3) is 0 Å². The lowest BCUT2D eigenvalue weighted by Crippen LogP contribution is -2.45. The molecule has 0 spiro atoms. The summed E-state index contributed by atoms with van der Waals surface area (Å²) in [6, 6.07) is 7.81.